The van der Waals surface area contributed by atoms with Gasteiger partial charge in [0.15, 0.2) is 5.78 Å². The zero-order valence-corrected chi connectivity index (χ0v) is 14.8. The zero-order chi connectivity index (χ0) is 17.0. The van der Waals surface area contributed by atoms with Gasteiger partial charge in [-0.3, -0.25) is 10.1 Å². The first-order valence-corrected chi connectivity index (χ1v) is 8.17. The lowest BCUT2D eigenvalue weighted by atomic mass is 9.90. The van der Waals surface area contributed by atoms with Gasteiger partial charge in [-0.15, -0.1) is 0 Å². The summed E-state index contributed by atoms with van der Waals surface area (Å²) in [6, 6.07) is 17.0. The predicted molar refractivity (Wildman–Crippen MR) is 96.7 cm³/mol. The molecule has 1 N–H and O–H groups in total. The number of rotatable bonds is 5. The molecule has 0 unspecified atom stereocenters. The number of carbonyl (C=O) groups excluding carboxylic acids is 1. The summed E-state index contributed by atoms with van der Waals surface area (Å²) in [6.45, 7) is 10.4. The van der Waals surface area contributed by atoms with Gasteiger partial charge in [0.05, 0.1) is 12.6 Å². The van der Waals surface area contributed by atoms with Crippen LogP contribution in [0.2, 0.25) is 0 Å². The zero-order valence-electron chi connectivity index (χ0n) is 14.8. The van der Waals surface area contributed by atoms with Gasteiger partial charge in [-0.05, 0) is 25.0 Å². The van der Waals surface area contributed by atoms with E-state index in [9.17, 15) is 4.79 Å². The molecule has 0 aliphatic carbocycles. The monoisotopic (exact) mass is 309 g/mol. The van der Waals surface area contributed by atoms with Gasteiger partial charge in [-0.25, -0.2) is 0 Å². The minimum atomic E-state index is -0.321. The van der Waals surface area contributed by atoms with Crippen molar-refractivity contribution >= 4 is 5.78 Å². The van der Waals surface area contributed by atoms with Crippen LogP contribution in [0.3, 0.4) is 0 Å². The normalized spacial score (nSPS) is 11.7. The van der Waals surface area contributed by atoms with Gasteiger partial charge in [0.2, 0.25) is 0 Å². The molecule has 0 spiro atoms. The van der Waals surface area contributed by atoms with Crippen molar-refractivity contribution in [3.8, 4) is 0 Å². The van der Waals surface area contributed by atoms with Gasteiger partial charge >= 0.3 is 0 Å². The molecule has 0 aromatic heterocycles. The quantitative estimate of drug-likeness (QED) is 0.874. The molecule has 2 nitrogen and oxygen atoms in total. The number of hydrogen-bond donors (Lipinski definition) is 1. The Morgan fingerprint density at radius 2 is 1.26 bits per heavy atom. The summed E-state index contributed by atoms with van der Waals surface area (Å²) in [7, 11) is 0. The van der Waals surface area contributed by atoms with Crippen molar-refractivity contribution in [1.82, 2.24) is 5.32 Å². The number of aryl methyl sites for hydroxylation is 2. The average molecular weight is 309 g/mol. The predicted octanol–water partition coefficient (Wildman–Crippen LogP) is 4.60. The molecule has 0 radical (unpaired) electrons. The van der Waals surface area contributed by atoms with Gasteiger partial charge < -0.3 is 0 Å². The first-order chi connectivity index (χ1) is 10.8. The Hall–Kier alpha value is -1.93. The van der Waals surface area contributed by atoms with Crippen molar-refractivity contribution < 1.29 is 4.79 Å². The molecule has 0 fully saturated rings. The minimum Gasteiger partial charge on any atom is -0.299 e. The Morgan fingerprint density at radius 3 is 1.61 bits per heavy atom. The summed E-state index contributed by atoms with van der Waals surface area (Å²) in [5.74, 6) is 0.224. The largest absolute Gasteiger partial charge is 0.299 e. The summed E-state index contributed by atoms with van der Waals surface area (Å²) in [5.41, 5.74) is 4.52. The summed E-state index contributed by atoms with van der Waals surface area (Å²) < 4.78 is 0. The SMILES string of the molecule is Cc1ccc(C(NCC(=O)C(C)(C)C)c2ccc(C)cc2)cc1. The van der Waals surface area contributed by atoms with Gasteiger partial charge in [0.25, 0.3) is 0 Å². The molecule has 2 aromatic rings. The summed E-state index contributed by atoms with van der Waals surface area (Å²) >= 11 is 0. The Morgan fingerprint density at radius 1 is 0.870 bits per heavy atom. The minimum absolute atomic E-state index is 0.0301. The van der Waals surface area contributed by atoms with Crippen LogP contribution in [0.1, 0.15) is 49.1 Å². The van der Waals surface area contributed by atoms with E-state index in [4.69, 9.17) is 0 Å². The third kappa shape index (κ3) is 4.77. The molecule has 122 valence electrons. The molecule has 23 heavy (non-hydrogen) atoms. The van der Waals surface area contributed by atoms with Crippen LogP contribution in [-0.4, -0.2) is 12.3 Å². The van der Waals surface area contributed by atoms with Gasteiger partial charge in [0, 0.05) is 5.41 Å². The lowest BCUT2D eigenvalue weighted by molar-refractivity contribution is -0.125. The van der Waals surface area contributed by atoms with Crippen LogP contribution in [0, 0.1) is 19.3 Å². The average Bonchev–Trinajstić information content (AvgIpc) is 2.49. The molecule has 0 heterocycles. The highest BCUT2D eigenvalue weighted by Crippen LogP contribution is 2.23. The van der Waals surface area contributed by atoms with Crippen molar-refractivity contribution in [2.75, 3.05) is 6.54 Å². The highest BCUT2D eigenvalue weighted by atomic mass is 16.1. The smallest absolute Gasteiger partial charge is 0.151 e. The maximum absolute atomic E-state index is 12.3. The molecule has 2 heteroatoms. The fourth-order valence-electron chi connectivity index (χ4n) is 2.41. The molecule has 2 aromatic carbocycles. The van der Waals surface area contributed by atoms with Crippen LogP contribution in [0.25, 0.3) is 0 Å². The molecular formula is C21H27NO. The Labute approximate surface area is 139 Å². The molecule has 0 bridgehead atoms. The number of ketones is 1. The number of hydrogen-bond acceptors (Lipinski definition) is 2. The highest BCUT2D eigenvalue weighted by molar-refractivity contribution is 5.85. The highest BCUT2D eigenvalue weighted by Gasteiger charge is 2.22. The van der Waals surface area contributed by atoms with E-state index in [-0.39, 0.29) is 17.2 Å². The van der Waals surface area contributed by atoms with Crippen molar-refractivity contribution in [2.24, 2.45) is 5.41 Å². The lowest BCUT2D eigenvalue weighted by Gasteiger charge is -2.23. The number of carbonyl (C=O) groups is 1. The van der Waals surface area contributed by atoms with Crippen molar-refractivity contribution in [1.29, 1.82) is 0 Å². The summed E-state index contributed by atoms with van der Waals surface area (Å²) in [6.07, 6.45) is 0. The van der Waals surface area contributed by atoms with E-state index in [1.807, 2.05) is 20.8 Å². The number of nitrogens with one attached hydrogen (secondary N) is 1. The number of Topliss-reactive ketones (excluding diaryl/α,β-unsaturated/α-hetero) is 1. The van der Waals surface area contributed by atoms with Crippen molar-refractivity contribution in [3.63, 3.8) is 0 Å². The van der Waals surface area contributed by atoms with Crippen LogP contribution in [0.15, 0.2) is 48.5 Å². The first-order valence-electron chi connectivity index (χ1n) is 8.17. The fourth-order valence-corrected chi connectivity index (χ4v) is 2.41. The Bertz CT molecular complexity index is 602. The standard InChI is InChI=1S/C21H27NO/c1-15-6-10-17(11-7-15)20(18-12-8-16(2)9-13-18)22-14-19(23)21(3,4)5/h6-13,20,22H,14H2,1-5H3. The van der Waals surface area contributed by atoms with Gasteiger partial charge in [-0.1, -0.05) is 80.4 Å². The first kappa shape index (κ1) is 17.4. The maximum atomic E-state index is 12.3. The third-order valence-electron chi connectivity index (χ3n) is 4.12. The Balaban J connectivity index is 2.26. The van der Waals surface area contributed by atoms with E-state index in [0.717, 1.165) is 0 Å². The lowest BCUT2D eigenvalue weighted by Crippen LogP contribution is -2.34. The van der Waals surface area contributed by atoms with Crippen LogP contribution in [-0.2, 0) is 4.79 Å². The fraction of sp³-hybridized carbons (Fsp3) is 0.381. The maximum Gasteiger partial charge on any atom is 0.151 e. The van der Waals surface area contributed by atoms with Crippen LogP contribution < -0.4 is 5.32 Å². The molecule has 2 rings (SSSR count). The van der Waals surface area contributed by atoms with Gasteiger partial charge in [0.1, 0.15) is 0 Å². The molecule has 0 amide bonds. The van der Waals surface area contributed by atoms with E-state index >= 15 is 0 Å². The molecular weight excluding hydrogens is 282 g/mol. The second kappa shape index (κ2) is 7.10. The van der Waals surface area contributed by atoms with E-state index < -0.39 is 0 Å². The van der Waals surface area contributed by atoms with Gasteiger partial charge in [-0.2, -0.15) is 0 Å². The second-order valence-electron chi connectivity index (χ2n) is 7.31. The van der Waals surface area contributed by atoms with E-state index in [2.05, 4.69) is 67.7 Å². The molecule has 0 saturated heterocycles. The van der Waals surface area contributed by atoms with E-state index in [1.165, 1.54) is 22.3 Å². The summed E-state index contributed by atoms with van der Waals surface area (Å²) in [4.78, 5) is 12.3. The van der Waals surface area contributed by atoms with E-state index in [0.29, 0.717) is 6.54 Å². The Kier molecular flexibility index (Phi) is 5.38. The van der Waals surface area contributed by atoms with Crippen LogP contribution >= 0.6 is 0 Å². The summed E-state index contributed by atoms with van der Waals surface area (Å²) in [5, 5.41) is 3.45. The van der Waals surface area contributed by atoms with Crippen LogP contribution in [0.4, 0.5) is 0 Å². The third-order valence-corrected chi connectivity index (χ3v) is 4.12. The van der Waals surface area contributed by atoms with Crippen molar-refractivity contribution in [2.45, 2.75) is 40.7 Å². The second-order valence-corrected chi connectivity index (χ2v) is 7.31. The molecule has 0 saturated carbocycles. The molecule has 0 atom stereocenters. The topological polar surface area (TPSA) is 29.1 Å². The number of benzene rings is 2. The van der Waals surface area contributed by atoms with Crippen LogP contribution in [0.5, 0.6) is 0 Å². The van der Waals surface area contributed by atoms with E-state index in [1.54, 1.807) is 0 Å². The molecule has 0 aliphatic heterocycles. The van der Waals surface area contributed by atoms with Crippen molar-refractivity contribution in [3.05, 3.63) is 70.8 Å². The molecule has 0 aliphatic rings.